The molecule has 0 radical (unpaired) electrons. The molecule has 7 heteroatoms. The number of rotatable bonds is 5. The Morgan fingerprint density at radius 1 is 1.42 bits per heavy atom. The second-order valence-corrected chi connectivity index (χ2v) is 7.36. The van der Waals surface area contributed by atoms with Crippen molar-refractivity contribution in [1.29, 1.82) is 0 Å². The Kier molecular flexibility index (Phi) is 5.95. The highest BCUT2D eigenvalue weighted by molar-refractivity contribution is 6.31. The van der Waals surface area contributed by atoms with Crippen LogP contribution in [0, 0.1) is 5.82 Å². The number of piperazine rings is 1. The fraction of sp³-hybridized carbons (Fsp3) is 0.579. The third-order valence-electron chi connectivity index (χ3n) is 5.04. The molecular weight excluding hydrogens is 355 g/mol. The van der Waals surface area contributed by atoms with Crippen molar-refractivity contribution >= 4 is 22.5 Å². The Bertz CT molecular complexity index is 854. The molecule has 142 valence electrons. The maximum Gasteiger partial charge on any atom is 0.261 e. The molecule has 3 rings (SSSR count). The summed E-state index contributed by atoms with van der Waals surface area (Å²) in [5.74, 6) is 0.178. The van der Waals surface area contributed by atoms with Crippen LogP contribution in [0.4, 0.5) is 4.39 Å². The molecule has 0 spiro atoms. The van der Waals surface area contributed by atoms with Crippen molar-refractivity contribution < 1.29 is 4.39 Å². The lowest BCUT2D eigenvalue weighted by Gasteiger charge is -2.38. The van der Waals surface area contributed by atoms with E-state index in [2.05, 4.69) is 24.1 Å². The lowest BCUT2D eigenvalue weighted by molar-refractivity contribution is 0.132. The van der Waals surface area contributed by atoms with Gasteiger partial charge in [-0.25, -0.2) is 9.37 Å². The van der Waals surface area contributed by atoms with Crippen LogP contribution in [0.15, 0.2) is 16.9 Å². The van der Waals surface area contributed by atoms with Crippen molar-refractivity contribution in [2.75, 3.05) is 19.6 Å². The van der Waals surface area contributed by atoms with Gasteiger partial charge in [0.15, 0.2) is 0 Å². The third-order valence-corrected chi connectivity index (χ3v) is 5.33. The van der Waals surface area contributed by atoms with Gasteiger partial charge in [0.1, 0.15) is 11.6 Å². The first-order chi connectivity index (χ1) is 12.5. The lowest BCUT2D eigenvalue weighted by atomic mass is 10.1. The Morgan fingerprint density at radius 2 is 2.19 bits per heavy atom. The number of nitrogens with one attached hydrogen (secondary N) is 1. The van der Waals surface area contributed by atoms with Gasteiger partial charge in [0.2, 0.25) is 0 Å². The minimum atomic E-state index is -0.547. The van der Waals surface area contributed by atoms with Gasteiger partial charge in [-0.15, -0.1) is 0 Å². The SMILES string of the molecule is CCC[C@H](c1nc2cc(F)c(Cl)cc2c(=O)n1CC)N1CCN[C@@H](C)C1. The molecular formula is C19H26ClFN4O. The summed E-state index contributed by atoms with van der Waals surface area (Å²) in [6, 6.07) is 3.09. The largest absolute Gasteiger partial charge is 0.312 e. The molecule has 5 nitrogen and oxygen atoms in total. The molecule has 1 N–H and O–H groups in total. The maximum absolute atomic E-state index is 14.0. The second-order valence-electron chi connectivity index (χ2n) is 6.96. The van der Waals surface area contributed by atoms with Gasteiger partial charge in [-0.3, -0.25) is 14.3 Å². The van der Waals surface area contributed by atoms with E-state index in [1.807, 2.05) is 6.92 Å². The van der Waals surface area contributed by atoms with E-state index in [9.17, 15) is 9.18 Å². The summed E-state index contributed by atoms with van der Waals surface area (Å²) in [6.45, 7) is 9.47. The molecule has 2 atom stereocenters. The summed E-state index contributed by atoms with van der Waals surface area (Å²) in [6.07, 6.45) is 1.89. The Hall–Kier alpha value is -1.50. The second kappa shape index (κ2) is 8.03. The summed E-state index contributed by atoms with van der Waals surface area (Å²) < 4.78 is 15.7. The number of halogens is 2. The molecule has 1 aliphatic heterocycles. The first kappa shape index (κ1) is 19.3. The monoisotopic (exact) mass is 380 g/mol. The van der Waals surface area contributed by atoms with Crippen LogP contribution in [0.25, 0.3) is 10.9 Å². The molecule has 1 fully saturated rings. The summed E-state index contributed by atoms with van der Waals surface area (Å²) in [5, 5.41) is 3.77. The van der Waals surface area contributed by atoms with Crippen LogP contribution in [0.5, 0.6) is 0 Å². The van der Waals surface area contributed by atoms with Crippen LogP contribution >= 0.6 is 11.6 Å². The third kappa shape index (κ3) is 3.63. The highest BCUT2D eigenvalue weighted by atomic mass is 35.5. The molecule has 0 aliphatic carbocycles. The van der Waals surface area contributed by atoms with Crippen molar-refractivity contribution in [2.24, 2.45) is 0 Å². The van der Waals surface area contributed by atoms with Crippen molar-refractivity contribution in [3.05, 3.63) is 39.2 Å². The van der Waals surface area contributed by atoms with Gasteiger partial charge in [-0.2, -0.15) is 0 Å². The number of hydrogen-bond donors (Lipinski definition) is 1. The predicted molar refractivity (Wildman–Crippen MR) is 103 cm³/mol. The average Bonchev–Trinajstić information content (AvgIpc) is 2.61. The number of nitrogens with zero attached hydrogens (tertiary/aromatic N) is 3. The van der Waals surface area contributed by atoms with Crippen LogP contribution in [0.1, 0.15) is 45.5 Å². The van der Waals surface area contributed by atoms with Crippen LogP contribution in [-0.2, 0) is 6.54 Å². The molecule has 2 aromatic rings. The maximum atomic E-state index is 14.0. The zero-order valence-electron chi connectivity index (χ0n) is 15.6. The summed E-state index contributed by atoms with van der Waals surface area (Å²) in [7, 11) is 0. The van der Waals surface area contributed by atoms with Gasteiger partial charge in [0.05, 0.1) is 22.0 Å². The normalized spacial score (nSPS) is 19.8. The fourth-order valence-electron chi connectivity index (χ4n) is 3.79. The standard InChI is InChI=1S/C19H26ClFN4O/c1-4-6-17(24-8-7-22-12(3)11-24)18-23-16-10-15(21)14(20)9-13(16)19(26)25(18)5-2/h9-10,12,17,22H,4-8,11H2,1-3H3/t12-,17+/m0/s1. The average molecular weight is 381 g/mol. The number of aromatic nitrogens is 2. The van der Waals surface area contributed by atoms with Crippen molar-refractivity contribution in [2.45, 2.75) is 52.2 Å². The van der Waals surface area contributed by atoms with E-state index in [0.29, 0.717) is 23.5 Å². The first-order valence-electron chi connectivity index (χ1n) is 9.33. The number of hydrogen-bond acceptors (Lipinski definition) is 4. The highest BCUT2D eigenvalue weighted by Gasteiger charge is 2.28. The van der Waals surface area contributed by atoms with E-state index >= 15 is 0 Å². The summed E-state index contributed by atoms with van der Waals surface area (Å²) in [5.41, 5.74) is 0.222. The van der Waals surface area contributed by atoms with Crippen molar-refractivity contribution in [3.63, 3.8) is 0 Å². The molecule has 0 amide bonds. The molecule has 0 bridgehead atoms. The number of benzene rings is 1. The zero-order valence-corrected chi connectivity index (χ0v) is 16.3. The van der Waals surface area contributed by atoms with Crippen molar-refractivity contribution in [3.8, 4) is 0 Å². The van der Waals surface area contributed by atoms with E-state index in [1.165, 1.54) is 12.1 Å². The van der Waals surface area contributed by atoms with Crippen LogP contribution in [0.2, 0.25) is 5.02 Å². The van der Waals surface area contributed by atoms with Gasteiger partial charge < -0.3 is 5.32 Å². The molecule has 26 heavy (non-hydrogen) atoms. The molecule has 0 saturated carbocycles. The summed E-state index contributed by atoms with van der Waals surface area (Å²) >= 11 is 5.88. The van der Waals surface area contributed by atoms with Gasteiger partial charge in [0, 0.05) is 38.3 Å². The Balaban J connectivity index is 2.16. The van der Waals surface area contributed by atoms with Crippen LogP contribution in [0.3, 0.4) is 0 Å². The predicted octanol–water partition coefficient (Wildman–Crippen LogP) is 3.34. The molecule has 1 saturated heterocycles. The molecule has 0 unspecified atom stereocenters. The van der Waals surface area contributed by atoms with Gasteiger partial charge in [-0.1, -0.05) is 24.9 Å². The van der Waals surface area contributed by atoms with E-state index in [-0.39, 0.29) is 16.6 Å². The molecule has 1 aromatic carbocycles. The minimum Gasteiger partial charge on any atom is -0.312 e. The quantitative estimate of drug-likeness (QED) is 0.864. The Morgan fingerprint density at radius 3 is 2.85 bits per heavy atom. The smallest absolute Gasteiger partial charge is 0.261 e. The molecule has 2 heterocycles. The van der Waals surface area contributed by atoms with E-state index in [1.54, 1.807) is 4.57 Å². The van der Waals surface area contributed by atoms with Crippen molar-refractivity contribution in [1.82, 2.24) is 19.8 Å². The lowest BCUT2D eigenvalue weighted by Crippen LogP contribution is -2.51. The van der Waals surface area contributed by atoms with Crippen LogP contribution in [-0.4, -0.2) is 40.1 Å². The fourth-order valence-corrected chi connectivity index (χ4v) is 3.95. The summed E-state index contributed by atoms with van der Waals surface area (Å²) in [4.78, 5) is 20.1. The van der Waals surface area contributed by atoms with E-state index < -0.39 is 5.82 Å². The van der Waals surface area contributed by atoms with E-state index in [0.717, 1.165) is 38.3 Å². The zero-order chi connectivity index (χ0) is 18.8. The van der Waals surface area contributed by atoms with Crippen LogP contribution < -0.4 is 10.9 Å². The first-order valence-corrected chi connectivity index (χ1v) is 9.71. The number of fused-ring (bicyclic) bond motifs is 1. The van der Waals surface area contributed by atoms with E-state index in [4.69, 9.17) is 16.6 Å². The van der Waals surface area contributed by atoms with Gasteiger partial charge in [-0.05, 0) is 26.3 Å². The minimum absolute atomic E-state index is 0.0420. The molecule has 1 aromatic heterocycles. The topological polar surface area (TPSA) is 50.2 Å². The van der Waals surface area contributed by atoms with Gasteiger partial charge in [0.25, 0.3) is 5.56 Å². The van der Waals surface area contributed by atoms with Gasteiger partial charge >= 0.3 is 0 Å². The molecule has 1 aliphatic rings. The highest BCUT2D eigenvalue weighted by Crippen LogP contribution is 2.27. The Labute approximate surface area is 158 Å².